The number of hydrogen-bond acceptors (Lipinski definition) is 5. The molecule has 3 aromatic carbocycles. The fourth-order valence-electron chi connectivity index (χ4n) is 4.89. The minimum atomic E-state index is -0.466. The molecule has 38 heavy (non-hydrogen) atoms. The number of amides is 1. The van der Waals surface area contributed by atoms with Crippen LogP contribution in [0.2, 0.25) is 5.02 Å². The van der Waals surface area contributed by atoms with Gasteiger partial charge < -0.3 is 14.4 Å². The van der Waals surface area contributed by atoms with Gasteiger partial charge in [-0.3, -0.25) is 18.7 Å². The Balaban J connectivity index is 1.59. The second-order valence-electron chi connectivity index (χ2n) is 9.31. The zero-order valence-corrected chi connectivity index (χ0v) is 22.0. The van der Waals surface area contributed by atoms with E-state index in [9.17, 15) is 14.4 Å². The number of hydrogen-bond donors (Lipinski definition) is 0. The molecular formula is C29H28ClN3O5. The minimum absolute atomic E-state index is 0.00171. The van der Waals surface area contributed by atoms with E-state index >= 15 is 0 Å². The van der Waals surface area contributed by atoms with Crippen LogP contribution in [0, 0.1) is 0 Å². The number of ether oxygens (including phenoxy) is 2. The summed E-state index contributed by atoms with van der Waals surface area (Å²) >= 11 is 6.19. The Morgan fingerprint density at radius 3 is 2.16 bits per heavy atom. The number of fused-ring (bicyclic) bond motifs is 1. The van der Waals surface area contributed by atoms with Crippen molar-refractivity contribution in [2.75, 3.05) is 27.3 Å². The Morgan fingerprint density at radius 2 is 1.50 bits per heavy atom. The molecule has 2 heterocycles. The fourth-order valence-corrected chi connectivity index (χ4v) is 5.11. The van der Waals surface area contributed by atoms with Crippen LogP contribution in [0.3, 0.4) is 0 Å². The molecule has 0 radical (unpaired) electrons. The second-order valence-corrected chi connectivity index (χ2v) is 9.75. The number of methoxy groups -OCH3 is 2. The Morgan fingerprint density at radius 1 is 0.842 bits per heavy atom. The lowest BCUT2D eigenvalue weighted by Gasteiger charge is -2.17. The molecule has 0 bridgehead atoms. The van der Waals surface area contributed by atoms with E-state index in [1.54, 1.807) is 48.5 Å². The molecule has 8 nitrogen and oxygen atoms in total. The van der Waals surface area contributed by atoms with Crippen LogP contribution in [0.15, 0.2) is 70.3 Å². The SMILES string of the molecule is COc1cc2c(=O)n(Cc3ccc(C(=O)N4CCCC4)cc3)c(=O)n(Cc3cccc(Cl)c3)c2cc1OC. The molecule has 1 aromatic heterocycles. The van der Waals surface area contributed by atoms with Gasteiger partial charge in [0.05, 0.1) is 38.2 Å². The van der Waals surface area contributed by atoms with Gasteiger partial charge in [0.2, 0.25) is 0 Å². The Hall–Kier alpha value is -4.04. The van der Waals surface area contributed by atoms with Crippen LogP contribution in [0.1, 0.15) is 34.3 Å². The normalized spacial score (nSPS) is 13.2. The lowest BCUT2D eigenvalue weighted by Crippen LogP contribution is -2.40. The Kier molecular flexibility index (Phi) is 7.24. The topological polar surface area (TPSA) is 82.8 Å². The average molecular weight is 534 g/mol. The van der Waals surface area contributed by atoms with Crippen LogP contribution in [0.25, 0.3) is 10.9 Å². The first-order valence-electron chi connectivity index (χ1n) is 12.4. The van der Waals surface area contributed by atoms with Crippen molar-refractivity contribution in [1.29, 1.82) is 0 Å². The Bertz CT molecular complexity index is 1620. The van der Waals surface area contributed by atoms with E-state index < -0.39 is 11.2 Å². The van der Waals surface area contributed by atoms with Crippen molar-refractivity contribution in [3.63, 3.8) is 0 Å². The monoisotopic (exact) mass is 533 g/mol. The molecular weight excluding hydrogens is 506 g/mol. The third-order valence-electron chi connectivity index (χ3n) is 6.89. The van der Waals surface area contributed by atoms with Gasteiger partial charge in [0, 0.05) is 29.7 Å². The number of rotatable bonds is 7. The summed E-state index contributed by atoms with van der Waals surface area (Å²) in [4.78, 5) is 41.9. The highest BCUT2D eigenvalue weighted by molar-refractivity contribution is 6.30. The molecule has 196 valence electrons. The second kappa shape index (κ2) is 10.8. The first-order valence-corrected chi connectivity index (χ1v) is 12.8. The van der Waals surface area contributed by atoms with Crippen molar-refractivity contribution < 1.29 is 14.3 Å². The molecule has 4 aromatic rings. The number of nitrogens with zero attached hydrogens (tertiary/aromatic N) is 3. The predicted octanol–water partition coefficient (Wildman–Crippen LogP) is 4.17. The minimum Gasteiger partial charge on any atom is -0.493 e. The van der Waals surface area contributed by atoms with Crippen LogP contribution in [-0.4, -0.2) is 47.3 Å². The quantitative estimate of drug-likeness (QED) is 0.356. The summed E-state index contributed by atoms with van der Waals surface area (Å²) in [5, 5.41) is 0.876. The van der Waals surface area contributed by atoms with Gasteiger partial charge in [0.15, 0.2) is 11.5 Å². The van der Waals surface area contributed by atoms with E-state index in [1.165, 1.54) is 23.4 Å². The fraction of sp³-hybridized carbons (Fsp3) is 0.276. The molecule has 0 aliphatic carbocycles. The van der Waals surface area contributed by atoms with Gasteiger partial charge in [-0.05, 0) is 54.3 Å². The van der Waals surface area contributed by atoms with Crippen molar-refractivity contribution in [2.45, 2.75) is 25.9 Å². The number of carbonyl (C=O) groups excluding carboxylic acids is 1. The summed E-state index contributed by atoms with van der Waals surface area (Å²) in [6.07, 6.45) is 2.04. The summed E-state index contributed by atoms with van der Waals surface area (Å²) < 4.78 is 13.6. The molecule has 1 aliphatic rings. The maximum absolute atomic E-state index is 13.8. The summed E-state index contributed by atoms with van der Waals surface area (Å²) in [7, 11) is 3.00. The van der Waals surface area contributed by atoms with Gasteiger partial charge in [0.25, 0.3) is 11.5 Å². The van der Waals surface area contributed by atoms with Gasteiger partial charge in [0.1, 0.15) is 0 Å². The smallest absolute Gasteiger partial charge is 0.332 e. The molecule has 1 aliphatic heterocycles. The van der Waals surface area contributed by atoms with Crippen LogP contribution in [0.5, 0.6) is 11.5 Å². The molecule has 1 saturated heterocycles. The molecule has 1 amide bonds. The molecule has 9 heteroatoms. The molecule has 5 rings (SSSR count). The lowest BCUT2D eigenvalue weighted by molar-refractivity contribution is 0.0793. The maximum atomic E-state index is 13.8. The van der Waals surface area contributed by atoms with Crippen LogP contribution in [-0.2, 0) is 13.1 Å². The first-order chi connectivity index (χ1) is 18.4. The van der Waals surface area contributed by atoms with Crippen molar-refractivity contribution in [2.24, 2.45) is 0 Å². The van der Waals surface area contributed by atoms with Crippen molar-refractivity contribution >= 4 is 28.4 Å². The van der Waals surface area contributed by atoms with Crippen molar-refractivity contribution in [3.8, 4) is 11.5 Å². The third kappa shape index (κ3) is 4.91. The summed E-state index contributed by atoms with van der Waals surface area (Å²) in [5.41, 5.74) is 1.66. The number of likely N-dealkylation sites (tertiary alicyclic amines) is 1. The number of benzene rings is 3. The lowest BCUT2D eigenvalue weighted by atomic mass is 10.1. The van der Waals surface area contributed by atoms with E-state index in [1.807, 2.05) is 17.0 Å². The summed E-state index contributed by atoms with van der Waals surface area (Å²) in [5.74, 6) is 0.804. The highest BCUT2D eigenvalue weighted by Crippen LogP contribution is 2.30. The molecule has 0 saturated carbocycles. The zero-order chi connectivity index (χ0) is 26.8. The summed E-state index contributed by atoms with van der Waals surface area (Å²) in [6, 6.07) is 17.5. The van der Waals surface area contributed by atoms with E-state index in [0.717, 1.165) is 37.1 Å². The van der Waals surface area contributed by atoms with Crippen LogP contribution >= 0.6 is 11.6 Å². The van der Waals surface area contributed by atoms with E-state index in [2.05, 4.69) is 0 Å². The van der Waals surface area contributed by atoms with E-state index in [-0.39, 0.29) is 19.0 Å². The average Bonchev–Trinajstić information content (AvgIpc) is 3.48. The van der Waals surface area contributed by atoms with Gasteiger partial charge >= 0.3 is 5.69 Å². The zero-order valence-electron chi connectivity index (χ0n) is 21.3. The number of carbonyl (C=O) groups is 1. The first kappa shape index (κ1) is 25.6. The predicted molar refractivity (Wildman–Crippen MR) is 147 cm³/mol. The van der Waals surface area contributed by atoms with Crippen LogP contribution < -0.4 is 20.7 Å². The van der Waals surface area contributed by atoms with Gasteiger partial charge in [-0.2, -0.15) is 0 Å². The number of aromatic nitrogens is 2. The molecule has 0 atom stereocenters. The number of halogens is 1. The molecule has 0 spiro atoms. The van der Waals surface area contributed by atoms with Crippen LogP contribution in [0.4, 0.5) is 0 Å². The standard InChI is InChI=1S/C29H28ClN3O5/c1-37-25-15-23-24(16-26(25)38-2)32(18-20-6-5-7-22(30)14-20)29(36)33(28(23)35)17-19-8-10-21(11-9-19)27(34)31-12-3-4-13-31/h5-11,14-16H,3-4,12-13,17-18H2,1-2H3. The maximum Gasteiger partial charge on any atom is 0.332 e. The van der Waals surface area contributed by atoms with Gasteiger partial charge in [-0.15, -0.1) is 0 Å². The summed E-state index contributed by atoms with van der Waals surface area (Å²) in [6.45, 7) is 1.80. The van der Waals surface area contributed by atoms with Crippen molar-refractivity contribution in [3.05, 3.63) is 103 Å². The highest BCUT2D eigenvalue weighted by Gasteiger charge is 2.20. The largest absolute Gasteiger partial charge is 0.493 e. The van der Waals surface area contributed by atoms with E-state index in [0.29, 0.717) is 33.0 Å². The molecule has 1 fully saturated rings. The highest BCUT2D eigenvalue weighted by atomic mass is 35.5. The van der Waals surface area contributed by atoms with Crippen molar-refractivity contribution in [1.82, 2.24) is 14.0 Å². The van der Waals surface area contributed by atoms with Gasteiger partial charge in [-0.25, -0.2) is 4.79 Å². The third-order valence-corrected chi connectivity index (χ3v) is 7.13. The van der Waals surface area contributed by atoms with Gasteiger partial charge in [-0.1, -0.05) is 35.9 Å². The molecule has 0 N–H and O–H groups in total. The van der Waals surface area contributed by atoms with E-state index in [4.69, 9.17) is 21.1 Å². The molecule has 0 unspecified atom stereocenters. The Labute approximate surface area is 224 Å².